The quantitative estimate of drug-likeness (QED) is 0.107. The summed E-state index contributed by atoms with van der Waals surface area (Å²) < 4.78 is 5.91. The van der Waals surface area contributed by atoms with Crippen LogP contribution in [0.4, 0.5) is 0 Å². The van der Waals surface area contributed by atoms with Crippen molar-refractivity contribution in [2.24, 2.45) is 16.7 Å². The predicted octanol–water partition coefficient (Wildman–Crippen LogP) is 7.03. The Labute approximate surface area is 321 Å². The smallest absolute Gasteiger partial charge is 0.335 e. The molecule has 0 aromatic heterocycles. The molecule has 6 aliphatic rings. The molecule has 2 unspecified atom stereocenters. The highest BCUT2D eigenvalue weighted by Gasteiger charge is 2.48. The number of carboxylic acid groups (broad SMARTS) is 1. The van der Waals surface area contributed by atoms with E-state index in [1.165, 1.54) is 61.8 Å². The molecule has 4 atom stereocenters. The van der Waals surface area contributed by atoms with Crippen molar-refractivity contribution in [3.63, 3.8) is 0 Å². The van der Waals surface area contributed by atoms with E-state index in [1.54, 1.807) is 12.1 Å². The lowest BCUT2D eigenvalue weighted by molar-refractivity contribution is -0.140. The molecule has 0 bridgehead atoms. The summed E-state index contributed by atoms with van der Waals surface area (Å²) in [7, 11) is 0. The molecule has 2 heterocycles. The van der Waals surface area contributed by atoms with E-state index in [4.69, 9.17) is 4.74 Å². The van der Waals surface area contributed by atoms with E-state index in [9.17, 15) is 14.7 Å². The van der Waals surface area contributed by atoms with Crippen LogP contribution >= 0.6 is 0 Å². The Morgan fingerprint density at radius 3 is 1.67 bits per heavy atom. The number of piperidine rings is 2. The summed E-state index contributed by atoms with van der Waals surface area (Å²) in [6.07, 6.45) is 11.7. The van der Waals surface area contributed by atoms with E-state index in [1.807, 2.05) is 24.3 Å². The lowest BCUT2D eigenvalue weighted by Crippen LogP contribution is -2.42. The number of rotatable bonds is 16. The van der Waals surface area contributed by atoms with Gasteiger partial charge in [0.25, 0.3) is 0 Å². The number of nitrogens with zero attached hydrogens (tertiary/aromatic N) is 2. The molecule has 2 aliphatic heterocycles. The first-order valence-corrected chi connectivity index (χ1v) is 20.9. The summed E-state index contributed by atoms with van der Waals surface area (Å²) in [6, 6.07) is 27.9. The number of likely N-dealkylation sites (tertiary alicyclic amines) is 2. The minimum Gasteiger partial charge on any atom is -0.478 e. The lowest BCUT2D eigenvalue weighted by Gasteiger charge is -2.35. The molecule has 6 fully saturated rings. The molecule has 2 saturated heterocycles. The number of hydrogen-bond donors (Lipinski definition) is 3. The molecule has 0 spiro atoms. The fourth-order valence-electron chi connectivity index (χ4n) is 9.69. The number of nitrogens with one attached hydrogen (secondary N) is 2. The lowest BCUT2D eigenvalue weighted by atomic mass is 9.88. The van der Waals surface area contributed by atoms with Crippen LogP contribution in [0.15, 0.2) is 78.9 Å². The highest BCUT2D eigenvalue weighted by atomic mass is 16.5. The molecule has 286 valence electrons. The van der Waals surface area contributed by atoms with Crippen molar-refractivity contribution in [1.29, 1.82) is 0 Å². The van der Waals surface area contributed by atoms with Crippen molar-refractivity contribution in [1.82, 2.24) is 20.4 Å². The van der Waals surface area contributed by atoms with Gasteiger partial charge in [-0.1, -0.05) is 54.6 Å². The normalized spacial score (nSPS) is 27.6. The highest BCUT2D eigenvalue weighted by molar-refractivity contribution is 5.87. The van der Waals surface area contributed by atoms with Crippen LogP contribution < -0.4 is 15.4 Å². The van der Waals surface area contributed by atoms with E-state index < -0.39 is 5.97 Å². The number of hydrogen-bond acceptors (Lipinski definition) is 7. The maximum atomic E-state index is 13.1. The summed E-state index contributed by atoms with van der Waals surface area (Å²) in [5.41, 5.74) is 5.29. The molecule has 3 N–H and O–H groups in total. The fraction of sp³-hybridized carbons (Fsp3) is 0.565. The molecule has 54 heavy (non-hydrogen) atoms. The number of benzene rings is 3. The highest BCUT2D eigenvalue weighted by Crippen LogP contribution is 2.50. The van der Waals surface area contributed by atoms with E-state index in [0.717, 1.165) is 71.5 Å². The van der Waals surface area contributed by atoms with E-state index >= 15 is 0 Å². The fourth-order valence-corrected chi connectivity index (χ4v) is 9.69. The predicted molar refractivity (Wildman–Crippen MR) is 211 cm³/mol. The monoisotopic (exact) mass is 730 g/mol. The first-order valence-electron chi connectivity index (χ1n) is 20.9. The second kappa shape index (κ2) is 15.2. The van der Waals surface area contributed by atoms with Crippen LogP contribution in [0.2, 0.25) is 0 Å². The van der Waals surface area contributed by atoms with Gasteiger partial charge in [-0.05, 0) is 148 Å². The summed E-state index contributed by atoms with van der Waals surface area (Å²) in [5.74, 6) is 1.48. The van der Waals surface area contributed by atoms with Gasteiger partial charge in [0.05, 0.1) is 11.5 Å². The molecule has 9 rings (SSSR count). The molecule has 4 aliphatic carbocycles. The van der Waals surface area contributed by atoms with Crippen LogP contribution in [0.5, 0.6) is 5.75 Å². The maximum absolute atomic E-state index is 13.1. The van der Waals surface area contributed by atoms with Crippen LogP contribution in [0.1, 0.15) is 109 Å². The number of esters is 1. The molecular weight excluding hydrogens is 673 g/mol. The Bertz CT molecular complexity index is 1760. The van der Waals surface area contributed by atoms with Gasteiger partial charge in [-0.25, -0.2) is 4.79 Å². The summed E-state index contributed by atoms with van der Waals surface area (Å²) in [4.78, 5) is 29.6. The van der Waals surface area contributed by atoms with Crippen molar-refractivity contribution >= 4 is 11.9 Å². The van der Waals surface area contributed by atoms with Crippen LogP contribution in [-0.4, -0.2) is 91.3 Å². The Balaban J connectivity index is 0.658. The average Bonchev–Trinajstić information content (AvgIpc) is 4.00. The first kappa shape index (κ1) is 36.1. The van der Waals surface area contributed by atoms with Crippen LogP contribution in [0.3, 0.4) is 0 Å². The summed E-state index contributed by atoms with van der Waals surface area (Å²) in [6.45, 7) is 8.74. The largest absolute Gasteiger partial charge is 0.478 e. The molecule has 8 nitrogen and oxygen atoms in total. The Kier molecular flexibility index (Phi) is 10.1. The third-order valence-electron chi connectivity index (χ3n) is 14.0. The van der Waals surface area contributed by atoms with Gasteiger partial charge in [-0.3, -0.25) is 4.79 Å². The second-order valence-corrected chi connectivity index (χ2v) is 18.1. The number of carbonyl (C=O) groups excluding carboxylic acids is 1. The Morgan fingerprint density at radius 1 is 0.648 bits per heavy atom. The van der Waals surface area contributed by atoms with Gasteiger partial charge >= 0.3 is 11.9 Å². The molecule has 4 saturated carbocycles. The van der Waals surface area contributed by atoms with Gasteiger partial charge < -0.3 is 30.3 Å². The zero-order chi connectivity index (χ0) is 36.7. The third kappa shape index (κ3) is 8.62. The minimum absolute atomic E-state index is 0.0109. The van der Waals surface area contributed by atoms with Crippen LogP contribution in [0.25, 0.3) is 0 Å². The Hall–Kier alpha value is -3.56. The first-order chi connectivity index (χ1) is 26.3. The number of aromatic carboxylic acids is 1. The standard InChI is InChI=1S/C46H58N4O4/c51-43(52)36-8-6-32(7-9-36)33-14-22-49(23-15-33)30-45(18-19-45)29-48-42-27-40(42)35-10-12-38(13-11-35)54-44(53)37-16-24-50(25-17-37)31-46(20-21-46)28-47-41-26-39(41)34-4-2-1-3-5-34/h1-13,33,37,39-42,47-48H,14-31H2,(H,51,52)/t39-,40?,41+,42?/m1/s1. The van der Waals surface area contributed by atoms with Crippen molar-refractivity contribution in [2.45, 2.75) is 94.0 Å². The van der Waals surface area contributed by atoms with Crippen molar-refractivity contribution in [3.8, 4) is 5.75 Å². The maximum Gasteiger partial charge on any atom is 0.335 e. The number of carbonyl (C=O) groups is 2. The molecular formula is C46H58N4O4. The van der Waals surface area contributed by atoms with Gasteiger partial charge in [-0.2, -0.15) is 0 Å². The summed E-state index contributed by atoms with van der Waals surface area (Å²) >= 11 is 0. The third-order valence-corrected chi connectivity index (χ3v) is 14.0. The van der Waals surface area contributed by atoms with Crippen molar-refractivity contribution in [2.75, 3.05) is 52.4 Å². The van der Waals surface area contributed by atoms with Crippen molar-refractivity contribution in [3.05, 3.63) is 101 Å². The van der Waals surface area contributed by atoms with E-state index in [0.29, 0.717) is 52.0 Å². The average molecular weight is 731 g/mol. The summed E-state index contributed by atoms with van der Waals surface area (Å²) in [5, 5.41) is 17.0. The van der Waals surface area contributed by atoms with Gasteiger partial charge in [0, 0.05) is 50.1 Å². The van der Waals surface area contributed by atoms with Crippen molar-refractivity contribution < 1.29 is 19.4 Å². The van der Waals surface area contributed by atoms with Gasteiger partial charge in [0.2, 0.25) is 0 Å². The molecule has 8 heteroatoms. The van der Waals surface area contributed by atoms with Crippen LogP contribution in [0, 0.1) is 16.7 Å². The van der Waals surface area contributed by atoms with Gasteiger partial charge in [0.1, 0.15) is 5.75 Å². The second-order valence-electron chi connectivity index (χ2n) is 18.1. The molecule has 0 amide bonds. The number of ether oxygens (including phenoxy) is 1. The SMILES string of the molecule is O=C(O)c1ccc(C2CCN(CC3(CNC4CC4c4ccc(OC(=O)C5CCN(CC6(CN[C@H]7C[C@@H]7c7ccccc7)CC6)CC5)cc4)CC3)CC2)cc1. The molecule has 0 radical (unpaired) electrons. The topological polar surface area (TPSA) is 94.1 Å². The van der Waals surface area contributed by atoms with Crippen LogP contribution in [-0.2, 0) is 4.79 Å². The molecule has 3 aromatic carbocycles. The minimum atomic E-state index is -0.860. The van der Waals surface area contributed by atoms with Gasteiger partial charge in [-0.15, -0.1) is 0 Å². The number of carboxylic acids is 1. The van der Waals surface area contributed by atoms with E-state index in [-0.39, 0.29) is 11.9 Å². The van der Waals surface area contributed by atoms with E-state index in [2.05, 4.69) is 62.9 Å². The zero-order valence-corrected chi connectivity index (χ0v) is 31.8. The Morgan fingerprint density at radius 2 is 1.15 bits per heavy atom. The zero-order valence-electron chi connectivity index (χ0n) is 31.8. The molecule has 3 aromatic rings. The van der Waals surface area contributed by atoms with Gasteiger partial charge in [0.15, 0.2) is 0 Å².